The van der Waals surface area contributed by atoms with Crippen LogP contribution in [-0.2, 0) is 5.75 Å². The summed E-state index contributed by atoms with van der Waals surface area (Å²) in [7, 11) is 0. The van der Waals surface area contributed by atoms with Gasteiger partial charge in [0, 0.05) is 11.9 Å². The first-order chi connectivity index (χ1) is 8.69. The lowest BCUT2D eigenvalue weighted by atomic mass is 10.3. The summed E-state index contributed by atoms with van der Waals surface area (Å²) >= 11 is 6.68. The Labute approximate surface area is 122 Å². The van der Waals surface area contributed by atoms with Crippen molar-refractivity contribution in [1.29, 1.82) is 0 Å². The quantitative estimate of drug-likeness (QED) is 0.864. The summed E-state index contributed by atoms with van der Waals surface area (Å²) in [6.45, 7) is 2.29. The molecule has 0 aliphatic rings. The highest BCUT2D eigenvalue weighted by molar-refractivity contribution is 9.11. The number of aliphatic hydroxyl groups is 1. The Kier molecular flexibility index (Phi) is 5.23. The van der Waals surface area contributed by atoms with Gasteiger partial charge in [-0.2, -0.15) is 0 Å². The molecule has 18 heavy (non-hydrogen) atoms. The molecule has 2 rings (SSSR count). The Balaban J connectivity index is 1.94. The highest BCUT2D eigenvalue weighted by atomic mass is 79.9. The molecule has 0 bridgehead atoms. The summed E-state index contributed by atoms with van der Waals surface area (Å²) in [5.41, 5.74) is 0. The van der Waals surface area contributed by atoms with E-state index in [0.717, 1.165) is 15.1 Å². The molecule has 0 radical (unpaired) electrons. The molecule has 2 heterocycles. The summed E-state index contributed by atoms with van der Waals surface area (Å²) in [6.07, 6.45) is 0.781. The van der Waals surface area contributed by atoms with Crippen molar-refractivity contribution in [3.05, 3.63) is 21.8 Å². The van der Waals surface area contributed by atoms with Gasteiger partial charge in [0.2, 0.25) is 5.89 Å². The molecule has 2 aromatic heterocycles. The molecule has 2 aromatic rings. The maximum atomic E-state index is 8.82. The third-order valence-electron chi connectivity index (χ3n) is 2.28. The largest absolute Gasteiger partial charge is 0.419 e. The molecule has 0 spiro atoms. The van der Waals surface area contributed by atoms with E-state index in [1.54, 1.807) is 23.1 Å². The molecule has 0 aliphatic carbocycles. The number of aromatic nitrogens is 2. The van der Waals surface area contributed by atoms with Crippen molar-refractivity contribution in [3.63, 3.8) is 0 Å². The van der Waals surface area contributed by atoms with Gasteiger partial charge in [-0.3, -0.25) is 0 Å². The summed E-state index contributed by atoms with van der Waals surface area (Å²) < 4.78 is 6.64. The van der Waals surface area contributed by atoms with Crippen LogP contribution in [0.4, 0.5) is 0 Å². The summed E-state index contributed by atoms with van der Waals surface area (Å²) in [5, 5.41) is 17.3. The van der Waals surface area contributed by atoms with E-state index < -0.39 is 0 Å². The fraction of sp³-hybridized carbons (Fsp3) is 0.455. The molecular weight excluding hydrogens is 336 g/mol. The van der Waals surface area contributed by atoms with E-state index in [1.807, 2.05) is 12.1 Å². The number of hydrogen-bond acceptors (Lipinski definition) is 6. The van der Waals surface area contributed by atoms with Gasteiger partial charge >= 0.3 is 0 Å². The fourth-order valence-electron chi connectivity index (χ4n) is 1.32. The van der Waals surface area contributed by atoms with E-state index in [1.165, 1.54) is 0 Å². The molecule has 4 nitrogen and oxygen atoms in total. The van der Waals surface area contributed by atoms with Crippen LogP contribution in [0.5, 0.6) is 0 Å². The Morgan fingerprint density at radius 2 is 2.33 bits per heavy atom. The number of nitrogens with zero attached hydrogens (tertiary/aromatic N) is 2. The molecule has 1 N–H and O–H groups in total. The molecule has 7 heteroatoms. The zero-order chi connectivity index (χ0) is 13.0. The van der Waals surface area contributed by atoms with Crippen LogP contribution in [0.1, 0.15) is 19.2 Å². The van der Waals surface area contributed by atoms with Crippen LogP contribution in [0.15, 0.2) is 20.3 Å². The smallest absolute Gasteiger partial charge is 0.257 e. The van der Waals surface area contributed by atoms with Crippen molar-refractivity contribution < 1.29 is 9.52 Å². The van der Waals surface area contributed by atoms with Crippen LogP contribution in [0, 0.1) is 0 Å². The average molecular weight is 349 g/mol. The monoisotopic (exact) mass is 348 g/mol. The van der Waals surface area contributed by atoms with Crippen molar-refractivity contribution in [2.75, 3.05) is 6.61 Å². The van der Waals surface area contributed by atoms with Crippen LogP contribution in [-0.4, -0.2) is 27.2 Å². The second kappa shape index (κ2) is 6.70. The van der Waals surface area contributed by atoms with Gasteiger partial charge in [0.05, 0.1) is 14.4 Å². The number of hydrogen-bond donors (Lipinski definition) is 1. The predicted octanol–water partition coefficient (Wildman–Crippen LogP) is 3.56. The van der Waals surface area contributed by atoms with Gasteiger partial charge in [-0.15, -0.1) is 33.3 Å². The van der Waals surface area contributed by atoms with E-state index >= 15 is 0 Å². The molecule has 0 amide bonds. The number of thioether (sulfide) groups is 1. The molecule has 0 saturated carbocycles. The normalized spacial score (nSPS) is 12.8. The van der Waals surface area contributed by atoms with Gasteiger partial charge in [-0.25, -0.2) is 0 Å². The van der Waals surface area contributed by atoms with E-state index in [9.17, 15) is 0 Å². The molecule has 0 aliphatic heterocycles. The summed E-state index contributed by atoms with van der Waals surface area (Å²) in [6, 6.07) is 3.91. The lowest BCUT2D eigenvalue weighted by Crippen LogP contribution is -1.99. The van der Waals surface area contributed by atoms with Crippen molar-refractivity contribution in [3.8, 4) is 10.8 Å². The van der Waals surface area contributed by atoms with Gasteiger partial charge < -0.3 is 9.52 Å². The molecule has 0 aromatic carbocycles. The van der Waals surface area contributed by atoms with Crippen molar-refractivity contribution in [2.45, 2.75) is 24.3 Å². The molecule has 0 saturated heterocycles. The molecule has 1 unspecified atom stereocenters. The lowest BCUT2D eigenvalue weighted by Gasteiger charge is -2.06. The first kappa shape index (κ1) is 14.0. The van der Waals surface area contributed by atoms with Gasteiger partial charge in [0.1, 0.15) is 0 Å². The van der Waals surface area contributed by atoms with Crippen LogP contribution >= 0.6 is 39.0 Å². The topological polar surface area (TPSA) is 59.2 Å². The lowest BCUT2D eigenvalue weighted by molar-refractivity contribution is 0.289. The zero-order valence-electron chi connectivity index (χ0n) is 9.80. The summed E-state index contributed by atoms with van der Waals surface area (Å²) in [5.74, 6) is 1.88. The van der Waals surface area contributed by atoms with Gasteiger partial charge in [-0.1, -0.05) is 6.92 Å². The maximum Gasteiger partial charge on any atom is 0.257 e. The van der Waals surface area contributed by atoms with Gasteiger partial charge in [-0.05, 0) is 34.5 Å². The van der Waals surface area contributed by atoms with Crippen LogP contribution in [0.2, 0.25) is 0 Å². The molecular formula is C11H13BrN2O2S2. The van der Waals surface area contributed by atoms with Crippen LogP contribution < -0.4 is 0 Å². The second-order valence-corrected chi connectivity index (χ2v) is 7.63. The Bertz CT molecular complexity index is 501. The van der Waals surface area contributed by atoms with Gasteiger partial charge in [0.15, 0.2) is 0 Å². The van der Waals surface area contributed by atoms with Crippen LogP contribution in [0.3, 0.4) is 0 Å². The number of rotatable bonds is 6. The molecule has 98 valence electrons. The predicted molar refractivity (Wildman–Crippen MR) is 77.8 cm³/mol. The Morgan fingerprint density at radius 1 is 1.50 bits per heavy atom. The number of thiophene rings is 1. The van der Waals surface area contributed by atoms with Crippen molar-refractivity contribution >= 4 is 39.0 Å². The minimum Gasteiger partial charge on any atom is -0.419 e. The first-order valence-corrected chi connectivity index (χ1v) is 8.15. The third kappa shape index (κ3) is 3.81. The minimum atomic E-state index is 0.215. The highest BCUT2D eigenvalue weighted by Gasteiger charge is 2.11. The summed E-state index contributed by atoms with van der Waals surface area (Å²) in [4.78, 5) is 0.967. The Morgan fingerprint density at radius 3 is 3.00 bits per heavy atom. The molecule has 1 atom stereocenters. The maximum absolute atomic E-state index is 8.82. The fourth-order valence-corrected chi connectivity index (χ4v) is 3.44. The van der Waals surface area contributed by atoms with Crippen molar-refractivity contribution in [2.24, 2.45) is 0 Å². The minimum absolute atomic E-state index is 0.215. The van der Waals surface area contributed by atoms with E-state index in [4.69, 9.17) is 9.52 Å². The second-order valence-electron chi connectivity index (χ2n) is 3.74. The zero-order valence-corrected chi connectivity index (χ0v) is 13.0. The standard InChI is InChI=1S/C11H13BrN2O2S2/c1-7(4-5-15)17-6-10-13-14-11(16-10)8-2-3-9(12)18-8/h2-3,7,15H,4-6H2,1H3. The number of halogens is 1. The SMILES string of the molecule is CC(CCO)SCc1nnc(-c2ccc(Br)s2)o1. The molecule has 0 fully saturated rings. The third-order valence-corrected chi connectivity index (χ3v) is 5.11. The first-order valence-electron chi connectivity index (χ1n) is 5.49. The van der Waals surface area contributed by atoms with Crippen molar-refractivity contribution in [1.82, 2.24) is 10.2 Å². The van der Waals surface area contributed by atoms with Crippen LogP contribution in [0.25, 0.3) is 10.8 Å². The van der Waals surface area contributed by atoms with E-state index in [0.29, 0.717) is 22.8 Å². The Hall–Kier alpha value is -0.370. The van der Waals surface area contributed by atoms with Gasteiger partial charge in [0.25, 0.3) is 5.89 Å². The van der Waals surface area contributed by atoms with E-state index in [2.05, 4.69) is 33.1 Å². The average Bonchev–Trinajstić information content (AvgIpc) is 2.95. The highest BCUT2D eigenvalue weighted by Crippen LogP contribution is 2.31. The number of aliphatic hydroxyl groups excluding tert-OH is 1. The van der Waals surface area contributed by atoms with E-state index in [-0.39, 0.29) is 6.61 Å².